The first-order valence-electron chi connectivity index (χ1n) is 9.04. The maximum Gasteiger partial charge on any atom is 0.341 e. The molecule has 0 unspecified atom stereocenters. The molecule has 2 heterocycles. The lowest BCUT2D eigenvalue weighted by Gasteiger charge is -2.10. The van der Waals surface area contributed by atoms with E-state index in [9.17, 15) is 4.79 Å². The van der Waals surface area contributed by atoms with Crippen molar-refractivity contribution < 1.29 is 9.53 Å². The third kappa shape index (κ3) is 5.40. The quantitative estimate of drug-likeness (QED) is 0.328. The molecule has 0 aliphatic carbocycles. The molecule has 0 radical (unpaired) electrons. The van der Waals surface area contributed by atoms with Gasteiger partial charge in [-0.3, -0.25) is 0 Å². The normalized spacial score (nSPS) is 10.5. The maximum atomic E-state index is 12.4. The van der Waals surface area contributed by atoms with Crippen LogP contribution in [0.25, 0.3) is 10.4 Å². The van der Waals surface area contributed by atoms with Gasteiger partial charge in [-0.2, -0.15) is 0 Å². The van der Waals surface area contributed by atoms with Gasteiger partial charge < -0.3 is 19.9 Å². The van der Waals surface area contributed by atoms with E-state index in [2.05, 4.69) is 15.6 Å². The molecule has 0 bridgehead atoms. The number of anilines is 1. The van der Waals surface area contributed by atoms with Gasteiger partial charge in [0.2, 0.25) is 0 Å². The van der Waals surface area contributed by atoms with Crippen molar-refractivity contribution in [1.82, 2.24) is 14.9 Å². The molecule has 0 fully saturated rings. The molecule has 0 saturated heterocycles. The number of aryl methyl sites for hydroxylation is 1. The average Bonchev–Trinajstić information content (AvgIpc) is 3.36. The van der Waals surface area contributed by atoms with E-state index < -0.39 is 0 Å². The van der Waals surface area contributed by atoms with Gasteiger partial charge >= 0.3 is 5.97 Å². The third-order valence-electron chi connectivity index (χ3n) is 3.95. The molecule has 0 atom stereocenters. The highest BCUT2D eigenvalue weighted by Gasteiger charge is 2.18. The lowest BCUT2D eigenvalue weighted by Crippen LogP contribution is -2.30. The van der Waals surface area contributed by atoms with Gasteiger partial charge in [0.15, 0.2) is 5.11 Å². The number of thiocarbonyl (C=S) groups is 1. The summed E-state index contributed by atoms with van der Waals surface area (Å²) in [5, 5.41) is 7.50. The fourth-order valence-electron chi connectivity index (χ4n) is 2.62. The zero-order valence-corrected chi connectivity index (χ0v) is 17.2. The Kier molecular flexibility index (Phi) is 7.16. The summed E-state index contributed by atoms with van der Waals surface area (Å²) in [4.78, 5) is 17.4. The number of rotatable bonds is 8. The largest absolute Gasteiger partial charge is 0.462 e. The molecule has 0 aliphatic heterocycles. The molecule has 3 rings (SSSR count). The lowest BCUT2D eigenvalue weighted by atomic mass is 10.1. The fourth-order valence-corrected chi connectivity index (χ4v) is 3.94. The second-order valence-electron chi connectivity index (χ2n) is 5.97. The Bertz CT molecular complexity index is 908. The van der Waals surface area contributed by atoms with Gasteiger partial charge in [0.1, 0.15) is 5.00 Å². The summed E-state index contributed by atoms with van der Waals surface area (Å²) >= 11 is 6.88. The highest BCUT2D eigenvalue weighted by molar-refractivity contribution is 7.80. The van der Waals surface area contributed by atoms with Crippen LogP contribution in [0.3, 0.4) is 0 Å². The summed E-state index contributed by atoms with van der Waals surface area (Å²) in [7, 11) is 0. The molecule has 0 spiro atoms. The number of ether oxygens (including phenoxy) is 1. The van der Waals surface area contributed by atoms with E-state index in [4.69, 9.17) is 17.0 Å². The Labute approximate surface area is 173 Å². The number of nitrogens with one attached hydrogen (secondary N) is 2. The maximum absolute atomic E-state index is 12.4. The van der Waals surface area contributed by atoms with Crippen molar-refractivity contribution in [2.24, 2.45) is 0 Å². The van der Waals surface area contributed by atoms with Crippen molar-refractivity contribution in [2.45, 2.75) is 19.9 Å². The van der Waals surface area contributed by atoms with Crippen molar-refractivity contribution in [2.75, 3.05) is 18.5 Å². The molecule has 0 saturated carbocycles. The Hall–Kier alpha value is -2.71. The summed E-state index contributed by atoms with van der Waals surface area (Å²) in [5.74, 6) is -0.355. The number of esters is 1. The molecule has 146 valence electrons. The molecule has 2 N–H and O–H groups in total. The van der Waals surface area contributed by atoms with Gasteiger partial charge in [-0.1, -0.05) is 30.3 Å². The van der Waals surface area contributed by atoms with Crippen LogP contribution in [0.15, 0.2) is 55.1 Å². The van der Waals surface area contributed by atoms with Crippen molar-refractivity contribution in [3.63, 3.8) is 0 Å². The molecule has 28 heavy (non-hydrogen) atoms. The number of imidazole rings is 1. The summed E-state index contributed by atoms with van der Waals surface area (Å²) in [6, 6.07) is 11.8. The van der Waals surface area contributed by atoms with Gasteiger partial charge in [-0.15, -0.1) is 11.3 Å². The molecule has 1 aromatic carbocycles. The van der Waals surface area contributed by atoms with E-state index in [0.717, 1.165) is 30.0 Å². The minimum Gasteiger partial charge on any atom is -0.462 e. The summed E-state index contributed by atoms with van der Waals surface area (Å²) in [6.45, 7) is 3.70. The van der Waals surface area contributed by atoms with E-state index in [1.54, 1.807) is 19.4 Å². The topological polar surface area (TPSA) is 68.2 Å². The number of carbonyl (C=O) groups is 1. The molecule has 0 aliphatic rings. The predicted octanol–water partition coefficient (Wildman–Crippen LogP) is 4.17. The number of aromatic nitrogens is 2. The molecular weight excluding hydrogens is 392 g/mol. The van der Waals surface area contributed by atoms with Crippen LogP contribution in [0, 0.1) is 0 Å². The Morgan fingerprint density at radius 2 is 2.14 bits per heavy atom. The SMILES string of the molecule is CCOC(=O)c1cc(-c2ccccc2)sc1NC(=S)NCCCn1ccnc1. The van der Waals surface area contributed by atoms with Crippen molar-refractivity contribution in [3.05, 3.63) is 60.7 Å². The molecule has 2 aromatic heterocycles. The Morgan fingerprint density at radius 1 is 1.32 bits per heavy atom. The molecule has 3 aromatic rings. The zero-order valence-electron chi connectivity index (χ0n) is 15.6. The Balaban J connectivity index is 1.64. The van der Waals surface area contributed by atoms with Gasteiger partial charge in [-0.05, 0) is 37.2 Å². The van der Waals surface area contributed by atoms with Crippen LogP contribution < -0.4 is 10.6 Å². The second kappa shape index (κ2) is 10.0. The van der Waals surface area contributed by atoms with E-state index >= 15 is 0 Å². The van der Waals surface area contributed by atoms with Gasteiger partial charge in [0.25, 0.3) is 0 Å². The van der Waals surface area contributed by atoms with E-state index in [1.807, 2.05) is 47.2 Å². The first-order valence-corrected chi connectivity index (χ1v) is 10.3. The fraction of sp³-hybridized carbons (Fsp3) is 0.250. The van der Waals surface area contributed by atoms with Crippen LogP contribution in [-0.2, 0) is 11.3 Å². The minimum atomic E-state index is -0.355. The van der Waals surface area contributed by atoms with Crippen LogP contribution in [0.5, 0.6) is 0 Å². The highest BCUT2D eigenvalue weighted by atomic mass is 32.1. The number of nitrogens with zero attached hydrogens (tertiary/aromatic N) is 2. The predicted molar refractivity (Wildman–Crippen MR) is 117 cm³/mol. The lowest BCUT2D eigenvalue weighted by molar-refractivity contribution is 0.0528. The summed E-state index contributed by atoms with van der Waals surface area (Å²) in [5.41, 5.74) is 1.54. The number of hydrogen-bond acceptors (Lipinski definition) is 5. The van der Waals surface area contributed by atoms with E-state index in [0.29, 0.717) is 22.3 Å². The first-order chi connectivity index (χ1) is 13.7. The van der Waals surface area contributed by atoms with Gasteiger partial charge in [0, 0.05) is 30.4 Å². The van der Waals surface area contributed by atoms with E-state index in [-0.39, 0.29) is 5.97 Å². The number of thiophene rings is 1. The summed E-state index contributed by atoms with van der Waals surface area (Å²) < 4.78 is 7.21. The minimum absolute atomic E-state index is 0.325. The second-order valence-corrected chi connectivity index (χ2v) is 7.44. The van der Waals surface area contributed by atoms with Gasteiger partial charge in [-0.25, -0.2) is 9.78 Å². The van der Waals surface area contributed by atoms with Crippen LogP contribution in [0.1, 0.15) is 23.7 Å². The number of benzene rings is 1. The summed E-state index contributed by atoms with van der Waals surface area (Å²) in [6.07, 6.45) is 6.39. The van der Waals surface area contributed by atoms with Crippen LogP contribution >= 0.6 is 23.6 Å². The van der Waals surface area contributed by atoms with Crippen LogP contribution in [-0.4, -0.2) is 33.8 Å². The van der Waals surface area contributed by atoms with Crippen molar-refractivity contribution >= 4 is 39.6 Å². The van der Waals surface area contributed by atoms with Crippen LogP contribution in [0.2, 0.25) is 0 Å². The van der Waals surface area contributed by atoms with Crippen LogP contribution in [0.4, 0.5) is 5.00 Å². The molecule has 0 amide bonds. The van der Waals surface area contributed by atoms with Crippen molar-refractivity contribution in [3.8, 4) is 10.4 Å². The molecular formula is C20H22N4O2S2. The first kappa shape index (κ1) is 20.0. The standard InChI is InChI=1S/C20H22N4O2S2/c1-2-26-19(25)16-13-17(15-7-4-3-5-8-15)28-18(16)23-20(27)22-9-6-11-24-12-10-21-14-24/h3-5,7-8,10,12-14H,2,6,9,11H2,1H3,(H2,22,23,27). The number of carbonyl (C=O) groups excluding carboxylic acids is 1. The number of hydrogen-bond donors (Lipinski definition) is 2. The molecule has 8 heteroatoms. The Morgan fingerprint density at radius 3 is 2.86 bits per heavy atom. The smallest absolute Gasteiger partial charge is 0.341 e. The van der Waals surface area contributed by atoms with Gasteiger partial charge in [0.05, 0.1) is 18.5 Å². The zero-order chi connectivity index (χ0) is 19.8. The average molecular weight is 415 g/mol. The highest BCUT2D eigenvalue weighted by Crippen LogP contribution is 2.35. The van der Waals surface area contributed by atoms with Crippen molar-refractivity contribution in [1.29, 1.82) is 0 Å². The monoisotopic (exact) mass is 414 g/mol. The van der Waals surface area contributed by atoms with E-state index in [1.165, 1.54) is 11.3 Å². The molecule has 6 nitrogen and oxygen atoms in total. The third-order valence-corrected chi connectivity index (χ3v) is 5.30.